The molecule has 0 radical (unpaired) electrons. The Morgan fingerprint density at radius 1 is 1.11 bits per heavy atom. The quantitative estimate of drug-likeness (QED) is 0.142. The minimum absolute atomic E-state index is 0.185. The van der Waals surface area contributed by atoms with E-state index in [4.69, 9.17) is 44.8 Å². The number of benzene rings is 2. The highest BCUT2D eigenvalue weighted by molar-refractivity contribution is 6.35. The number of ether oxygens (including phenoxy) is 1. The number of hydrogen-bond acceptors (Lipinski definition) is 5. The SMILES string of the molecule is CC(=O)Nc1ccc(C(=O)N[C@@H](CCCNC(=N)N)C(N)=O)cc1OCCc1ccc(Cl)cc1Cl. The highest BCUT2D eigenvalue weighted by Gasteiger charge is 2.20. The molecule has 0 aliphatic heterocycles. The van der Waals surface area contributed by atoms with Crippen LogP contribution in [0.15, 0.2) is 36.4 Å². The van der Waals surface area contributed by atoms with Crippen molar-refractivity contribution in [1.82, 2.24) is 10.6 Å². The van der Waals surface area contributed by atoms with Gasteiger partial charge in [-0.05, 0) is 48.7 Å². The molecular formula is C23H28Cl2N6O4. The molecule has 0 aromatic heterocycles. The number of carbonyl (C=O) groups is 3. The van der Waals surface area contributed by atoms with Gasteiger partial charge in [0.05, 0.1) is 12.3 Å². The number of anilines is 1. The number of amides is 3. The molecule has 188 valence electrons. The van der Waals surface area contributed by atoms with Gasteiger partial charge in [-0.2, -0.15) is 0 Å². The van der Waals surface area contributed by atoms with Gasteiger partial charge in [0.2, 0.25) is 11.8 Å². The molecule has 0 saturated heterocycles. The van der Waals surface area contributed by atoms with Gasteiger partial charge in [0.15, 0.2) is 5.96 Å². The van der Waals surface area contributed by atoms with Crippen molar-refractivity contribution in [2.45, 2.75) is 32.2 Å². The maximum atomic E-state index is 12.8. The first kappa shape index (κ1) is 27.7. The molecule has 0 fully saturated rings. The summed E-state index contributed by atoms with van der Waals surface area (Å²) in [6.45, 7) is 1.93. The monoisotopic (exact) mass is 522 g/mol. The third kappa shape index (κ3) is 9.34. The molecule has 8 N–H and O–H groups in total. The van der Waals surface area contributed by atoms with Gasteiger partial charge in [0.1, 0.15) is 11.8 Å². The summed E-state index contributed by atoms with van der Waals surface area (Å²) in [4.78, 5) is 36.2. The van der Waals surface area contributed by atoms with Crippen LogP contribution in [0.25, 0.3) is 0 Å². The Balaban J connectivity index is 2.11. The minimum atomic E-state index is -0.914. The second-order valence-electron chi connectivity index (χ2n) is 7.64. The molecular weight excluding hydrogens is 495 g/mol. The summed E-state index contributed by atoms with van der Waals surface area (Å²) < 4.78 is 5.85. The zero-order valence-corrected chi connectivity index (χ0v) is 20.6. The van der Waals surface area contributed by atoms with E-state index < -0.39 is 17.9 Å². The molecule has 0 bridgehead atoms. The van der Waals surface area contributed by atoms with E-state index >= 15 is 0 Å². The van der Waals surface area contributed by atoms with Crippen LogP contribution in [0, 0.1) is 5.41 Å². The molecule has 12 heteroatoms. The number of nitrogens with two attached hydrogens (primary N) is 2. The fraction of sp³-hybridized carbons (Fsp3) is 0.304. The fourth-order valence-electron chi connectivity index (χ4n) is 3.13. The third-order valence-corrected chi connectivity index (χ3v) is 5.42. The highest BCUT2D eigenvalue weighted by atomic mass is 35.5. The smallest absolute Gasteiger partial charge is 0.252 e. The average molecular weight is 523 g/mol. The zero-order chi connectivity index (χ0) is 26.0. The van der Waals surface area contributed by atoms with Gasteiger partial charge in [-0.15, -0.1) is 0 Å². The number of hydrogen-bond donors (Lipinski definition) is 6. The van der Waals surface area contributed by atoms with Crippen molar-refractivity contribution in [2.75, 3.05) is 18.5 Å². The topological polar surface area (TPSA) is 172 Å². The second-order valence-corrected chi connectivity index (χ2v) is 8.48. The van der Waals surface area contributed by atoms with Crippen LogP contribution in [0.4, 0.5) is 5.69 Å². The molecule has 0 unspecified atom stereocenters. The Labute approximate surface area is 213 Å². The fourth-order valence-corrected chi connectivity index (χ4v) is 3.63. The molecule has 2 aromatic rings. The first-order valence-electron chi connectivity index (χ1n) is 10.7. The third-order valence-electron chi connectivity index (χ3n) is 4.83. The van der Waals surface area contributed by atoms with Gasteiger partial charge in [0.25, 0.3) is 5.91 Å². The number of halogens is 2. The lowest BCUT2D eigenvalue weighted by Crippen LogP contribution is -2.45. The summed E-state index contributed by atoms with van der Waals surface area (Å²) >= 11 is 12.1. The van der Waals surface area contributed by atoms with Crippen molar-refractivity contribution in [1.29, 1.82) is 5.41 Å². The van der Waals surface area contributed by atoms with Crippen LogP contribution < -0.4 is 32.2 Å². The number of guanidine groups is 1. The van der Waals surface area contributed by atoms with Gasteiger partial charge >= 0.3 is 0 Å². The summed E-state index contributed by atoms with van der Waals surface area (Å²) in [5, 5.41) is 16.1. The molecule has 3 amide bonds. The Morgan fingerprint density at radius 2 is 1.86 bits per heavy atom. The van der Waals surface area contributed by atoms with E-state index in [1.807, 2.05) is 0 Å². The van der Waals surface area contributed by atoms with Crippen molar-refractivity contribution < 1.29 is 19.1 Å². The number of carbonyl (C=O) groups excluding carboxylic acids is 3. The molecule has 1 atom stereocenters. The number of rotatable bonds is 12. The molecule has 10 nitrogen and oxygen atoms in total. The van der Waals surface area contributed by atoms with Crippen molar-refractivity contribution >= 4 is 52.6 Å². The Bertz CT molecular complexity index is 1100. The van der Waals surface area contributed by atoms with Crippen LogP contribution in [0.1, 0.15) is 35.7 Å². The molecule has 35 heavy (non-hydrogen) atoms. The van der Waals surface area contributed by atoms with Crippen molar-refractivity contribution in [2.24, 2.45) is 11.5 Å². The van der Waals surface area contributed by atoms with Gasteiger partial charge in [-0.1, -0.05) is 29.3 Å². The first-order chi connectivity index (χ1) is 16.6. The van der Waals surface area contributed by atoms with Crippen LogP contribution in [0.5, 0.6) is 5.75 Å². The molecule has 0 heterocycles. The van der Waals surface area contributed by atoms with E-state index in [0.717, 1.165) is 5.56 Å². The summed E-state index contributed by atoms with van der Waals surface area (Å²) in [5.74, 6) is -1.43. The minimum Gasteiger partial charge on any atom is -0.491 e. The lowest BCUT2D eigenvalue weighted by atomic mass is 10.1. The molecule has 2 rings (SSSR count). The normalized spacial score (nSPS) is 11.3. The largest absolute Gasteiger partial charge is 0.491 e. The van der Waals surface area contributed by atoms with Crippen molar-refractivity contribution in [3.05, 3.63) is 57.6 Å². The highest BCUT2D eigenvalue weighted by Crippen LogP contribution is 2.27. The summed E-state index contributed by atoms with van der Waals surface area (Å²) in [6.07, 6.45) is 1.18. The summed E-state index contributed by atoms with van der Waals surface area (Å²) in [7, 11) is 0. The second kappa shape index (κ2) is 13.4. The van der Waals surface area contributed by atoms with Crippen LogP contribution in [0.2, 0.25) is 10.0 Å². The van der Waals surface area contributed by atoms with Crippen molar-refractivity contribution in [3.8, 4) is 5.75 Å². The van der Waals surface area contributed by atoms with E-state index in [1.54, 1.807) is 18.2 Å². The van der Waals surface area contributed by atoms with Crippen LogP contribution in [-0.2, 0) is 16.0 Å². The van der Waals surface area contributed by atoms with Gasteiger partial charge in [-0.3, -0.25) is 19.8 Å². The maximum absolute atomic E-state index is 12.8. The van der Waals surface area contributed by atoms with Crippen LogP contribution in [0.3, 0.4) is 0 Å². The first-order valence-corrected chi connectivity index (χ1v) is 11.5. The lowest BCUT2D eigenvalue weighted by Gasteiger charge is -2.17. The van der Waals surface area contributed by atoms with E-state index in [2.05, 4.69) is 16.0 Å². The Hall–Kier alpha value is -3.50. The Kier molecular flexibility index (Phi) is 10.6. The van der Waals surface area contributed by atoms with Crippen LogP contribution in [-0.4, -0.2) is 42.9 Å². The molecule has 2 aromatic carbocycles. The number of nitrogens with one attached hydrogen (secondary N) is 4. The number of primary amides is 1. The van der Waals surface area contributed by atoms with E-state index in [0.29, 0.717) is 35.1 Å². The van der Waals surface area contributed by atoms with Gasteiger partial charge in [-0.25, -0.2) is 0 Å². The average Bonchev–Trinajstić information content (AvgIpc) is 2.77. The molecule has 0 aliphatic rings. The van der Waals surface area contributed by atoms with Crippen LogP contribution >= 0.6 is 23.2 Å². The van der Waals surface area contributed by atoms with E-state index in [1.165, 1.54) is 25.1 Å². The lowest BCUT2D eigenvalue weighted by molar-refractivity contribution is -0.120. The van der Waals surface area contributed by atoms with Gasteiger partial charge < -0.3 is 32.2 Å². The zero-order valence-electron chi connectivity index (χ0n) is 19.1. The standard InChI is InChI=1S/C23H28Cl2N6O4/c1-13(32)30-18-7-5-15(22(34)31-19(21(26)33)3-2-9-29-23(27)28)11-20(18)35-10-8-14-4-6-16(24)12-17(14)25/h4-7,11-12,19H,2-3,8-10H2,1H3,(H2,26,33)(H,30,32)(H,31,34)(H4,27,28,29)/t19-/m0/s1. The molecule has 0 aliphatic carbocycles. The molecule has 0 saturated carbocycles. The summed E-state index contributed by atoms with van der Waals surface area (Å²) in [5.41, 5.74) is 12.1. The maximum Gasteiger partial charge on any atom is 0.252 e. The Morgan fingerprint density at radius 3 is 2.49 bits per heavy atom. The predicted molar refractivity (Wildman–Crippen MR) is 136 cm³/mol. The molecule has 0 spiro atoms. The van der Waals surface area contributed by atoms with Crippen molar-refractivity contribution in [3.63, 3.8) is 0 Å². The van der Waals surface area contributed by atoms with Gasteiger partial charge in [0, 0.05) is 35.5 Å². The van der Waals surface area contributed by atoms with E-state index in [9.17, 15) is 14.4 Å². The predicted octanol–water partition coefficient (Wildman–Crippen LogP) is 2.42. The summed E-state index contributed by atoms with van der Waals surface area (Å²) in [6, 6.07) is 8.75. The van der Waals surface area contributed by atoms with E-state index in [-0.39, 0.29) is 36.2 Å².